The van der Waals surface area contributed by atoms with Crippen molar-refractivity contribution < 1.29 is 8.81 Å². The molecule has 2 aromatic carbocycles. The lowest BCUT2D eigenvalue weighted by molar-refractivity contribution is 0.464. The number of para-hydroxylation sites is 1. The van der Waals surface area contributed by atoms with Crippen molar-refractivity contribution in [3.8, 4) is 11.6 Å². The molecule has 0 saturated heterocycles. The van der Waals surface area contributed by atoms with Crippen molar-refractivity contribution in [2.24, 2.45) is 5.92 Å². The molecule has 0 bridgehead atoms. The van der Waals surface area contributed by atoms with Crippen molar-refractivity contribution in [3.05, 3.63) is 71.9 Å². The zero-order valence-electron chi connectivity index (χ0n) is 14.8. The summed E-state index contributed by atoms with van der Waals surface area (Å²) < 4.78 is 21.3. The Hall–Kier alpha value is -2.95. The van der Waals surface area contributed by atoms with Crippen molar-refractivity contribution in [2.45, 2.75) is 26.8 Å². The molecule has 2 heterocycles. The minimum Gasteiger partial charge on any atom is -0.419 e. The molecule has 0 radical (unpaired) electrons. The molecular weight excluding hydrogens is 329 g/mol. The van der Waals surface area contributed by atoms with Crippen LogP contribution < -0.4 is 0 Å². The summed E-state index contributed by atoms with van der Waals surface area (Å²) >= 11 is 0. The summed E-state index contributed by atoms with van der Waals surface area (Å²) in [5, 5.41) is 9.54. The highest BCUT2D eigenvalue weighted by atomic mass is 19.1. The molecule has 0 amide bonds. The van der Waals surface area contributed by atoms with Gasteiger partial charge < -0.3 is 8.98 Å². The van der Waals surface area contributed by atoms with Gasteiger partial charge in [-0.1, -0.05) is 44.2 Å². The van der Waals surface area contributed by atoms with Gasteiger partial charge in [0.05, 0.1) is 0 Å². The quantitative estimate of drug-likeness (QED) is 0.505. The third-order valence-electron chi connectivity index (χ3n) is 4.33. The second-order valence-electron chi connectivity index (χ2n) is 6.90. The third kappa shape index (κ3) is 3.25. The Kier molecular flexibility index (Phi) is 4.29. The minimum atomic E-state index is -0.235. The van der Waals surface area contributed by atoms with Crippen molar-refractivity contribution in [1.82, 2.24) is 14.8 Å². The summed E-state index contributed by atoms with van der Waals surface area (Å²) in [6, 6.07) is 16.8. The zero-order chi connectivity index (χ0) is 18.1. The van der Waals surface area contributed by atoms with Crippen LogP contribution in [0.2, 0.25) is 0 Å². The molecule has 4 rings (SSSR count). The van der Waals surface area contributed by atoms with E-state index in [2.05, 4.69) is 46.8 Å². The number of fused-ring (bicyclic) bond motifs is 1. The molecular formula is C21H20FN3O. The number of nitrogens with zero attached hydrogens (tertiary/aromatic N) is 3. The van der Waals surface area contributed by atoms with E-state index in [0.717, 1.165) is 28.6 Å². The third-order valence-corrected chi connectivity index (χ3v) is 4.33. The molecule has 5 heteroatoms. The van der Waals surface area contributed by atoms with Gasteiger partial charge in [-0.3, -0.25) is 0 Å². The number of hydrogen-bond donors (Lipinski definition) is 0. The average molecular weight is 349 g/mol. The van der Waals surface area contributed by atoms with Crippen molar-refractivity contribution in [1.29, 1.82) is 0 Å². The lowest BCUT2D eigenvalue weighted by Gasteiger charge is -2.09. The van der Waals surface area contributed by atoms with Crippen LogP contribution in [0.15, 0.2) is 59.0 Å². The van der Waals surface area contributed by atoms with E-state index in [4.69, 9.17) is 4.42 Å². The molecule has 0 N–H and O–H groups in total. The largest absolute Gasteiger partial charge is 0.419 e. The molecule has 26 heavy (non-hydrogen) atoms. The van der Waals surface area contributed by atoms with Crippen molar-refractivity contribution in [3.63, 3.8) is 0 Å². The monoisotopic (exact) mass is 349 g/mol. The van der Waals surface area contributed by atoms with Crippen LogP contribution in [0.25, 0.3) is 22.5 Å². The number of aromatic nitrogens is 3. The molecule has 0 spiro atoms. The van der Waals surface area contributed by atoms with E-state index in [1.807, 2.05) is 12.1 Å². The Morgan fingerprint density at radius 1 is 1.04 bits per heavy atom. The SMILES string of the molecule is CC(C)Cc1nnc(-c2cc3ccccc3n2Cc2ccc(F)cc2)o1. The summed E-state index contributed by atoms with van der Waals surface area (Å²) in [7, 11) is 0. The number of benzene rings is 2. The Morgan fingerprint density at radius 2 is 1.81 bits per heavy atom. The van der Waals surface area contributed by atoms with Crippen LogP contribution in [0, 0.1) is 11.7 Å². The fourth-order valence-electron chi connectivity index (χ4n) is 3.12. The van der Waals surface area contributed by atoms with E-state index in [1.165, 1.54) is 12.1 Å². The molecule has 0 fully saturated rings. The first-order valence-corrected chi connectivity index (χ1v) is 8.75. The van der Waals surface area contributed by atoms with E-state index in [9.17, 15) is 4.39 Å². The van der Waals surface area contributed by atoms with Crippen molar-refractivity contribution in [2.75, 3.05) is 0 Å². The van der Waals surface area contributed by atoms with Crippen LogP contribution in [-0.4, -0.2) is 14.8 Å². The van der Waals surface area contributed by atoms with Crippen molar-refractivity contribution >= 4 is 10.9 Å². The van der Waals surface area contributed by atoms with Crippen LogP contribution in [0.1, 0.15) is 25.3 Å². The first kappa shape index (κ1) is 16.5. The minimum absolute atomic E-state index is 0.235. The molecule has 0 atom stereocenters. The maximum Gasteiger partial charge on any atom is 0.264 e. The normalized spacial score (nSPS) is 11.5. The number of hydrogen-bond acceptors (Lipinski definition) is 3. The highest BCUT2D eigenvalue weighted by molar-refractivity contribution is 5.85. The Balaban J connectivity index is 1.78. The molecule has 0 aliphatic heterocycles. The average Bonchev–Trinajstić information content (AvgIpc) is 3.21. The molecule has 0 unspecified atom stereocenters. The van der Waals surface area contributed by atoms with E-state index >= 15 is 0 Å². The summed E-state index contributed by atoms with van der Waals surface area (Å²) in [5.41, 5.74) is 2.96. The summed E-state index contributed by atoms with van der Waals surface area (Å²) in [6.45, 7) is 4.84. The Morgan fingerprint density at radius 3 is 2.58 bits per heavy atom. The standard InChI is InChI=1S/C21H20FN3O/c1-14(2)11-20-23-24-21(26-20)19-12-16-5-3-4-6-18(16)25(19)13-15-7-9-17(22)10-8-15/h3-10,12,14H,11,13H2,1-2H3. The fraction of sp³-hybridized carbons (Fsp3) is 0.238. The molecule has 0 aliphatic rings. The first-order valence-electron chi connectivity index (χ1n) is 8.75. The van der Waals surface area contributed by atoms with Gasteiger partial charge >= 0.3 is 0 Å². The van der Waals surface area contributed by atoms with Gasteiger partial charge in [-0.25, -0.2) is 4.39 Å². The molecule has 0 saturated carbocycles. The van der Waals surface area contributed by atoms with Gasteiger partial charge in [-0.15, -0.1) is 10.2 Å². The number of rotatable bonds is 5. The van der Waals surface area contributed by atoms with Gasteiger partial charge in [0.15, 0.2) is 0 Å². The van der Waals surface area contributed by atoms with Gasteiger partial charge in [-0.05, 0) is 35.7 Å². The van der Waals surface area contributed by atoms with E-state index in [-0.39, 0.29) is 5.82 Å². The van der Waals surface area contributed by atoms with Gasteiger partial charge in [-0.2, -0.15) is 0 Å². The molecule has 4 nitrogen and oxygen atoms in total. The maximum atomic E-state index is 13.2. The second-order valence-corrected chi connectivity index (χ2v) is 6.90. The van der Waals surface area contributed by atoms with Crippen LogP contribution in [0.3, 0.4) is 0 Å². The van der Waals surface area contributed by atoms with Crippen LogP contribution in [0.4, 0.5) is 4.39 Å². The first-order chi connectivity index (χ1) is 12.6. The van der Waals surface area contributed by atoms with E-state index in [1.54, 1.807) is 12.1 Å². The van der Waals surface area contributed by atoms with Gasteiger partial charge in [0.2, 0.25) is 5.89 Å². The van der Waals surface area contributed by atoms with Crippen LogP contribution in [-0.2, 0) is 13.0 Å². The molecule has 0 aliphatic carbocycles. The van der Waals surface area contributed by atoms with Gasteiger partial charge in [0, 0.05) is 23.9 Å². The fourth-order valence-corrected chi connectivity index (χ4v) is 3.12. The van der Waals surface area contributed by atoms with Crippen LogP contribution >= 0.6 is 0 Å². The lowest BCUT2D eigenvalue weighted by atomic mass is 10.1. The highest BCUT2D eigenvalue weighted by Gasteiger charge is 2.17. The Bertz CT molecular complexity index is 1030. The van der Waals surface area contributed by atoms with Gasteiger partial charge in [0.25, 0.3) is 5.89 Å². The predicted octanol–water partition coefficient (Wildman–Crippen LogP) is 5.08. The van der Waals surface area contributed by atoms with Crippen LogP contribution in [0.5, 0.6) is 0 Å². The smallest absolute Gasteiger partial charge is 0.264 e. The van der Waals surface area contributed by atoms with E-state index in [0.29, 0.717) is 24.2 Å². The lowest BCUT2D eigenvalue weighted by Crippen LogP contribution is -2.02. The van der Waals surface area contributed by atoms with E-state index < -0.39 is 0 Å². The summed E-state index contributed by atoms with van der Waals surface area (Å²) in [5.74, 6) is 1.38. The summed E-state index contributed by atoms with van der Waals surface area (Å²) in [4.78, 5) is 0. The maximum absolute atomic E-state index is 13.2. The molecule has 2 aromatic heterocycles. The predicted molar refractivity (Wildman–Crippen MR) is 99.3 cm³/mol. The number of halogens is 1. The highest BCUT2D eigenvalue weighted by Crippen LogP contribution is 2.29. The molecule has 132 valence electrons. The second kappa shape index (κ2) is 6.75. The zero-order valence-corrected chi connectivity index (χ0v) is 14.8. The Labute approximate surface area is 151 Å². The summed E-state index contributed by atoms with van der Waals surface area (Å²) in [6.07, 6.45) is 0.755. The topological polar surface area (TPSA) is 43.9 Å². The molecule has 4 aromatic rings. The van der Waals surface area contributed by atoms with Gasteiger partial charge in [0.1, 0.15) is 11.5 Å².